The quantitative estimate of drug-likeness (QED) is 0.0887. The van der Waals surface area contributed by atoms with Crippen LogP contribution in [0.4, 0.5) is 49.6 Å². The summed E-state index contributed by atoms with van der Waals surface area (Å²) in [4.78, 5) is 34.2. The number of alkyl halides is 6. The van der Waals surface area contributed by atoms with Gasteiger partial charge in [-0.2, -0.15) is 0 Å². The van der Waals surface area contributed by atoms with E-state index in [4.69, 9.17) is 28.9 Å². The molecule has 8 rings (SSSR count). The first kappa shape index (κ1) is 53.0. The minimum Gasteiger partial charge on any atom is -0.496 e. The van der Waals surface area contributed by atoms with Gasteiger partial charge in [0.25, 0.3) is 0 Å². The highest BCUT2D eigenvalue weighted by molar-refractivity contribution is 5.98. The summed E-state index contributed by atoms with van der Waals surface area (Å²) >= 11 is 0. The molecule has 2 aliphatic rings. The van der Waals surface area contributed by atoms with Crippen molar-refractivity contribution in [2.24, 2.45) is 22.7 Å². The molecule has 20 heteroatoms. The lowest BCUT2D eigenvalue weighted by molar-refractivity contribution is -0.275. The predicted molar refractivity (Wildman–Crippen MR) is 260 cm³/mol. The molecule has 2 aromatic heterocycles. The van der Waals surface area contributed by atoms with Gasteiger partial charge >= 0.3 is 24.7 Å². The summed E-state index contributed by atoms with van der Waals surface area (Å²) in [6.45, 7) is 13.5. The van der Waals surface area contributed by atoms with Crippen LogP contribution in [0.25, 0.3) is 22.1 Å². The third kappa shape index (κ3) is 12.6. The highest BCUT2D eigenvalue weighted by Crippen LogP contribution is 2.48. The van der Waals surface area contributed by atoms with Crippen LogP contribution >= 0.6 is 0 Å². The minimum atomic E-state index is -4.76. The lowest BCUT2D eigenvalue weighted by Gasteiger charge is -2.40. The van der Waals surface area contributed by atoms with E-state index in [0.29, 0.717) is 57.6 Å². The third-order valence-electron chi connectivity index (χ3n) is 13.0. The Morgan fingerprint density at radius 1 is 0.569 bits per heavy atom. The molecule has 4 aromatic carbocycles. The number of benzene rings is 4. The molecule has 0 bridgehead atoms. The normalized spacial score (nSPS) is 19.7. The van der Waals surface area contributed by atoms with Crippen molar-refractivity contribution >= 4 is 57.3 Å². The zero-order valence-corrected chi connectivity index (χ0v) is 41.8. The lowest BCUT2D eigenvalue weighted by atomic mass is 9.70. The van der Waals surface area contributed by atoms with E-state index in [1.165, 1.54) is 77.0 Å². The number of methoxy groups -OCH3 is 4. The van der Waals surface area contributed by atoms with Crippen LogP contribution < -0.4 is 29.6 Å². The number of carbonyl (C=O) groups is 2. The summed E-state index contributed by atoms with van der Waals surface area (Å²) in [5.41, 5.74) is 4.56. The molecule has 2 heterocycles. The van der Waals surface area contributed by atoms with Crippen molar-refractivity contribution in [2.75, 3.05) is 39.1 Å². The fraction of sp³-hybridized carbons (Fsp3) is 0.462. The summed E-state index contributed by atoms with van der Waals surface area (Å²) in [7, 11) is 5.58. The molecule has 0 aliphatic heterocycles. The summed E-state index contributed by atoms with van der Waals surface area (Å²) in [6.07, 6.45) is -3.61. The number of anilines is 4. The lowest BCUT2D eigenvalue weighted by Crippen LogP contribution is -2.29. The van der Waals surface area contributed by atoms with Crippen LogP contribution in [-0.4, -0.2) is 72.2 Å². The number of imidazole rings is 2. The first-order valence-corrected chi connectivity index (χ1v) is 23.4. The molecule has 0 spiro atoms. The van der Waals surface area contributed by atoms with Crippen LogP contribution in [0.15, 0.2) is 72.8 Å². The number of esters is 2. The van der Waals surface area contributed by atoms with Gasteiger partial charge in [-0.1, -0.05) is 41.5 Å². The van der Waals surface area contributed by atoms with Crippen LogP contribution in [-0.2, 0) is 9.47 Å². The predicted octanol–water partition coefficient (Wildman–Crippen LogP) is 13.7. The number of hydrogen-bond acceptors (Lipinski definition) is 12. The SMILES string of the molecule is COC(=O)c1cc2nc(Nc3ccc(OC(F)(F)F)cc3)n([C@@H]3C[C@H](C)CC(C)(C)C3)c2cc1OC.COC(=O)c1cc2nc(Nc3ccc(OC(F)(F)F)cc3)n([C@H]3C[C@@H](C)CC(C)(C)C3)c2cc1OC. The number of fused-ring (bicyclic) bond motifs is 2. The maximum atomic E-state index is 12.5. The molecule has 0 saturated heterocycles. The summed E-state index contributed by atoms with van der Waals surface area (Å²) < 4.78 is 108. The molecule has 2 aliphatic carbocycles. The molecule has 2 fully saturated rings. The Kier molecular flexibility index (Phi) is 15.2. The Hall–Kier alpha value is -6.86. The Morgan fingerprint density at radius 2 is 0.917 bits per heavy atom. The van der Waals surface area contributed by atoms with Gasteiger partial charge in [0.2, 0.25) is 11.9 Å². The van der Waals surface area contributed by atoms with Crippen molar-refractivity contribution in [1.82, 2.24) is 19.1 Å². The number of ether oxygens (including phenoxy) is 6. The Morgan fingerprint density at radius 3 is 1.21 bits per heavy atom. The van der Waals surface area contributed by atoms with Gasteiger partial charge in [-0.15, -0.1) is 26.3 Å². The van der Waals surface area contributed by atoms with Gasteiger partial charge in [0.05, 0.1) is 50.5 Å². The van der Waals surface area contributed by atoms with Gasteiger partial charge in [-0.05, 0) is 122 Å². The molecule has 6 aromatic rings. The zero-order valence-electron chi connectivity index (χ0n) is 41.8. The molecule has 0 amide bonds. The first-order valence-electron chi connectivity index (χ1n) is 23.4. The van der Waals surface area contributed by atoms with Crippen molar-refractivity contribution in [3.05, 3.63) is 83.9 Å². The first-order chi connectivity index (χ1) is 33.8. The zero-order chi connectivity index (χ0) is 52.5. The largest absolute Gasteiger partial charge is 0.573 e. The molecule has 0 unspecified atom stereocenters. The topological polar surface area (TPSA) is 149 Å². The maximum absolute atomic E-state index is 12.5. The van der Waals surface area contributed by atoms with Crippen molar-refractivity contribution in [1.29, 1.82) is 0 Å². The van der Waals surface area contributed by atoms with E-state index in [-0.39, 0.29) is 45.5 Å². The molecule has 72 heavy (non-hydrogen) atoms. The summed E-state index contributed by atoms with van der Waals surface area (Å²) in [5.74, 6) is 1.07. The van der Waals surface area contributed by atoms with E-state index in [9.17, 15) is 35.9 Å². The Balaban J connectivity index is 0.000000211. The van der Waals surface area contributed by atoms with Crippen molar-refractivity contribution in [2.45, 2.75) is 105 Å². The minimum absolute atomic E-state index is 0.109. The van der Waals surface area contributed by atoms with Gasteiger partial charge in [0.1, 0.15) is 34.1 Å². The number of hydrogen-bond donors (Lipinski definition) is 2. The maximum Gasteiger partial charge on any atom is 0.573 e. The van der Waals surface area contributed by atoms with E-state index in [0.717, 1.165) is 49.6 Å². The number of rotatable bonds is 12. The number of carbonyl (C=O) groups excluding carboxylic acids is 2. The number of aromatic nitrogens is 4. The van der Waals surface area contributed by atoms with E-state index < -0.39 is 24.7 Å². The van der Waals surface area contributed by atoms with Gasteiger partial charge in [0.15, 0.2) is 0 Å². The number of nitrogens with zero attached hydrogens (tertiary/aromatic N) is 4. The highest BCUT2D eigenvalue weighted by atomic mass is 19.4. The average Bonchev–Trinajstić information content (AvgIpc) is 3.82. The highest BCUT2D eigenvalue weighted by Gasteiger charge is 2.37. The Bertz CT molecular complexity index is 2700. The van der Waals surface area contributed by atoms with Gasteiger partial charge < -0.3 is 48.2 Å². The van der Waals surface area contributed by atoms with Gasteiger partial charge in [-0.25, -0.2) is 19.6 Å². The second-order valence-electron chi connectivity index (χ2n) is 20.2. The molecule has 388 valence electrons. The molecule has 2 N–H and O–H groups in total. The second kappa shape index (κ2) is 20.7. The average molecular weight is 1010 g/mol. The fourth-order valence-electron chi connectivity index (χ4n) is 10.8. The fourth-order valence-corrected chi connectivity index (χ4v) is 10.8. The van der Waals surface area contributed by atoms with Crippen molar-refractivity contribution in [3.8, 4) is 23.0 Å². The van der Waals surface area contributed by atoms with E-state index in [1.807, 2.05) is 0 Å². The molecule has 14 nitrogen and oxygen atoms in total. The smallest absolute Gasteiger partial charge is 0.496 e. The monoisotopic (exact) mass is 1010 g/mol. The number of halogens is 6. The molecular weight excluding hydrogens is 951 g/mol. The van der Waals surface area contributed by atoms with E-state index >= 15 is 0 Å². The molecular formula is C52H60F6N6O8. The van der Waals surface area contributed by atoms with Crippen LogP contribution in [0.1, 0.15) is 113 Å². The second-order valence-corrected chi connectivity index (χ2v) is 20.2. The standard InChI is InChI=1S/2C26H30F3N3O4/c2*1-15-10-17(14-25(2,3)13-15)32-21-12-22(34-4)19(23(33)35-5)11-20(21)31-24(32)30-16-6-8-18(9-7-16)36-26(27,28)29/h2*6-9,11-12,15,17H,10,13-14H2,1-5H3,(H,30,31)/t2*15-,17+/m10/s1. The third-order valence-corrected chi connectivity index (χ3v) is 13.0. The van der Waals surface area contributed by atoms with Crippen LogP contribution in [0.5, 0.6) is 23.0 Å². The Labute approximate surface area is 413 Å². The van der Waals surface area contributed by atoms with E-state index in [2.05, 4.69) is 70.8 Å². The van der Waals surface area contributed by atoms with Crippen molar-refractivity contribution < 1.29 is 64.4 Å². The summed E-state index contributed by atoms with van der Waals surface area (Å²) in [6, 6.07) is 18.0. The van der Waals surface area contributed by atoms with Crippen LogP contribution in [0.3, 0.4) is 0 Å². The van der Waals surface area contributed by atoms with Crippen molar-refractivity contribution in [3.63, 3.8) is 0 Å². The summed E-state index contributed by atoms with van der Waals surface area (Å²) in [5, 5.41) is 6.50. The van der Waals surface area contributed by atoms with Gasteiger partial charge in [-0.3, -0.25) is 0 Å². The van der Waals surface area contributed by atoms with E-state index in [1.54, 1.807) is 24.3 Å². The van der Waals surface area contributed by atoms with Crippen LogP contribution in [0, 0.1) is 22.7 Å². The molecule has 0 radical (unpaired) electrons. The van der Waals surface area contributed by atoms with Gasteiger partial charge in [0, 0.05) is 35.6 Å². The molecule has 4 atom stereocenters. The molecule has 2 saturated carbocycles. The number of nitrogens with one attached hydrogen (secondary N) is 2. The van der Waals surface area contributed by atoms with Crippen LogP contribution in [0.2, 0.25) is 0 Å².